The van der Waals surface area contributed by atoms with Crippen molar-refractivity contribution in [3.8, 4) is 0 Å². The predicted octanol–water partition coefficient (Wildman–Crippen LogP) is 4.54. The summed E-state index contributed by atoms with van der Waals surface area (Å²) in [5.41, 5.74) is 3.46. The summed E-state index contributed by atoms with van der Waals surface area (Å²) in [6, 6.07) is 7.29. The van der Waals surface area contributed by atoms with Crippen molar-refractivity contribution in [2.45, 2.75) is 51.9 Å². The second kappa shape index (κ2) is 10.4. The van der Waals surface area contributed by atoms with E-state index >= 15 is 0 Å². The van der Waals surface area contributed by atoms with E-state index < -0.39 is 0 Å². The van der Waals surface area contributed by atoms with Crippen molar-refractivity contribution in [1.29, 1.82) is 0 Å². The van der Waals surface area contributed by atoms with Gasteiger partial charge in [0, 0.05) is 11.4 Å². The molecule has 1 N–H and O–H groups in total. The highest BCUT2D eigenvalue weighted by atomic mass is 35.5. The number of hydrogen-bond donors (Lipinski definition) is 1. The van der Waals surface area contributed by atoms with E-state index in [4.69, 9.17) is 11.6 Å². The zero-order valence-corrected chi connectivity index (χ0v) is 12.8. The van der Waals surface area contributed by atoms with Crippen molar-refractivity contribution in [2.24, 2.45) is 5.10 Å². The molecule has 0 saturated heterocycles. The Morgan fingerprint density at radius 2 is 1.80 bits per heavy atom. The minimum atomic E-state index is -0.0225. The van der Waals surface area contributed by atoms with E-state index in [2.05, 4.69) is 17.5 Å². The maximum Gasteiger partial charge on any atom is 0.240 e. The third-order valence-electron chi connectivity index (χ3n) is 3.03. The highest BCUT2D eigenvalue weighted by Gasteiger charge is 1.99. The van der Waals surface area contributed by atoms with Crippen molar-refractivity contribution in [3.63, 3.8) is 0 Å². The highest BCUT2D eigenvalue weighted by Crippen LogP contribution is 2.08. The molecular formula is C16H23ClN2O. The average Bonchev–Trinajstić information content (AvgIpc) is 2.45. The lowest BCUT2D eigenvalue weighted by Gasteiger charge is -2.00. The van der Waals surface area contributed by atoms with Crippen LogP contribution in [0.4, 0.5) is 0 Å². The first-order valence-corrected chi connectivity index (χ1v) is 7.67. The topological polar surface area (TPSA) is 41.5 Å². The number of nitrogens with zero attached hydrogens (tertiary/aromatic N) is 1. The molecule has 0 spiro atoms. The van der Waals surface area contributed by atoms with Gasteiger partial charge in [-0.3, -0.25) is 4.79 Å². The molecule has 3 nitrogen and oxygen atoms in total. The first kappa shape index (κ1) is 16.7. The van der Waals surface area contributed by atoms with Gasteiger partial charge in [0.2, 0.25) is 5.91 Å². The van der Waals surface area contributed by atoms with Crippen LogP contribution in [0.15, 0.2) is 29.4 Å². The molecule has 1 aromatic rings. The van der Waals surface area contributed by atoms with Crippen LogP contribution in [0, 0.1) is 0 Å². The molecular weight excluding hydrogens is 272 g/mol. The Labute approximate surface area is 126 Å². The van der Waals surface area contributed by atoms with E-state index in [1.807, 2.05) is 12.1 Å². The van der Waals surface area contributed by atoms with Gasteiger partial charge in [-0.25, -0.2) is 5.43 Å². The SMILES string of the molecule is CCCCCCCCC(=O)NN=Cc1ccc(Cl)cc1. The molecule has 0 heterocycles. The number of rotatable bonds is 9. The summed E-state index contributed by atoms with van der Waals surface area (Å²) in [7, 11) is 0. The Balaban J connectivity index is 2.12. The number of carbonyl (C=O) groups is 1. The van der Waals surface area contributed by atoms with E-state index in [9.17, 15) is 4.79 Å². The maximum atomic E-state index is 11.5. The Bertz CT molecular complexity index is 415. The van der Waals surface area contributed by atoms with Crippen molar-refractivity contribution in [3.05, 3.63) is 34.9 Å². The molecule has 0 aliphatic heterocycles. The Morgan fingerprint density at radius 1 is 1.15 bits per heavy atom. The number of nitrogens with one attached hydrogen (secondary N) is 1. The fourth-order valence-corrected chi connectivity index (χ4v) is 1.98. The molecule has 0 atom stereocenters. The summed E-state index contributed by atoms with van der Waals surface area (Å²) in [5.74, 6) is -0.0225. The van der Waals surface area contributed by atoms with Crippen LogP contribution in [0.3, 0.4) is 0 Å². The van der Waals surface area contributed by atoms with Crippen molar-refractivity contribution in [1.82, 2.24) is 5.43 Å². The maximum absolute atomic E-state index is 11.5. The zero-order chi connectivity index (χ0) is 14.6. The average molecular weight is 295 g/mol. The van der Waals surface area contributed by atoms with Gasteiger partial charge in [-0.1, -0.05) is 62.8 Å². The van der Waals surface area contributed by atoms with Crippen LogP contribution in [0.2, 0.25) is 5.02 Å². The van der Waals surface area contributed by atoms with Crippen LogP contribution in [-0.2, 0) is 4.79 Å². The molecule has 0 unspecified atom stereocenters. The fraction of sp³-hybridized carbons (Fsp3) is 0.500. The van der Waals surface area contributed by atoms with Gasteiger partial charge >= 0.3 is 0 Å². The number of halogens is 1. The summed E-state index contributed by atoms with van der Waals surface area (Å²) in [6.07, 6.45) is 9.25. The summed E-state index contributed by atoms with van der Waals surface area (Å²) < 4.78 is 0. The normalized spacial score (nSPS) is 10.9. The third kappa shape index (κ3) is 7.95. The number of unbranched alkanes of at least 4 members (excludes halogenated alkanes) is 5. The first-order valence-electron chi connectivity index (χ1n) is 7.30. The summed E-state index contributed by atoms with van der Waals surface area (Å²) in [4.78, 5) is 11.5. The molecule has 110 valence electrons. The molecule has 1 amide bonds. The van der Waals surface area contributed by atoms with Gasteiger partial charge in [0.25, 0.3) is 0 Å². The predicted molar refractivity (Wildman–Crippen MR) is 85.2 cm³/mol. The van der Waals surface area contributed by atoms with Gasteiger partial charge in [0.05, 0.1) is 6.21 Å². The molecule has 0 aliphatic rings. The minimum absolute atomic E-state index is 0.0225. The first-order chi connectivity index (χ1) is 9.72. The third-order valence-corrected chi connectivity index (χ3v) is 3.28. The lowest BCUT2D eigenvalue weighted by Crippen LogP contribution is -2.16. The van der Waals surface area contributed by atoms with Crippen LogP contribution in [0.5, 0.6) is 0 Å². The Hall–Kier alpha value is -1.35. The summed E-state index contributed by atoms with van der Waals surface area (Å²) in [5, 5.41) is 4.62. The number of amides is 1. The van der Waals surface area contributed by atoms with E-state index in [1.165, 1.54) is 25.7 Å². The van der Waals surface area contributed by atoms with E-state index in [-0.39, 0.29) is 5.91 Å². The second-order valence-electron chi connectivity index (χ2n) is 4.86. The number of hydrazone groups is 1. The van der Waals surface area contributed by atoms with Gasteiger partial charge in [-0.2, -0.15) is 5.10 Å². The van der Waals surface area contributed by atoms with Gasteiger partial charge < -0.3 is 0 Å². The Morgan fingerprint density at radius 3 is 2.50 bits per heavy atom. The number of hydrogen-bond acceptors (Lipinski definition) is 2. The molecule has 0 bridgehead atoms. The summed E-state index contributed by atoms with van der Waals surface area (Å²) >= 11 is 5.78. The molecule has 0 aromatic heterocycles. The quantitative estimate of drug-likeness (QED) is 0.405. The molecule has 20 heavy (non-hydrogen) atoms. The molecule has 0 fully saturated rings. The lowest BCUT2D eigenvalue weighted by atomic mass is 10.1. The van der Waals surface area contributed by atoms with Crippen LogP contribution in [0.1, 0.15) is 57.4 Å². The fourth-order valence-electron chi connectivity index (χ4n) is 1.85. The van der Waals surface area contributed by atoms with Crippen LogP contribution in [-0.4, -0.2) is 12.1 Å². The van der Waals surface area contributed by atoms with Crippen LogP contribution < -0.4 is 5.43 Å². The number of carbonyl (C=O) groups excluding carboxylic acids is 1. The van der Waals surface area contributed by atoms with Gasteiger partial charge in [0.15, 0.2) is 0 Å². The molecule has 1 aromatic carbocycles. The smallest absolute Gasteiger partial charge is 0.240 e. The zero-order valence-electron chi connectivity index (χ0n) is 12.1. The van der Waals surface area contributed by atoms with Gasteiger partial charge in [0.1, 0.15) is 0 Å². The van der Waals surface area contributed by atoms with Gasteiger partial charge in [-0.15, -0.1) is 0 Å². The highest BCUT2D eigenvalue weighted by molar-refractivity contribution is 6.30. The number of benzene rings is 1. The van der Waals surface area contributed by atoms with E-state index in [0.717, 1.165) is 18.4 Å². The monoisotopic (exact) mass is 294 g/mol. The van der Waals surface area contributed by atoms with Crippen LogP contribution >= 0.6 is 11.6 Å². The minimum Gasteiger partial charge on any atom is -0.273 e. The molecule has 1 rings (SSSR count). The second-order valence-corrected chi connectivity index (χ2v) is 5.30. The molecule has 0 radical (unpaired) electrons. The van der Waals surface area contributed by atoms with Crippen molar-refractivity contribution >= 4 is 23.7 Å². The van der Waals surface area contributed by atoms with Crippen molar-refractivity contribution < 1.29 is 4.79 Å². The summed E-state index contributed by atoms with van der Waals surface area (Å²) in [6.45, 7) is 2.20. The molecule has 0 saturated carbocycles. The van der Waals surface area contributed by atoms with E-state index in [0.29, 0.717) is 11.4 Å². The molecule has 4 heteroatoms. The van der Waals surface area contributed by atoms with E-state index in [1.54, 1.807) is 18.3 Å². The molecule has 0 aliphatic carbocycles. The Kier molecular flexibility index (Phi) is 8.72. The van der Waals surface area contributed by atoms with Crippen molar-refractivity contribution in [2.75, 3.05) is 0 Å². The lowest BCUT2D eigenvalue weighted by molar-refractivity contribution is -0.121. The standard InChI is InChI=1S/C16H23ClN2O/c1-2-3-4-5-6-7-8-16(20)19-18-13-14-9-11-15(17)12-10-14/h9-13H,2-8H2,1H3,(H,19,20). The van der Waals surface area contributed by atoms with Gasteiger partial charge in [-0.05, 0) is 24.1 Å². The largest absolute Gasteiger partial charge is 0.273 e. The van der Waals surface area contributed by atoms with Crippen LogP contribution in [0.25, 0.3) is 0 Å².